The Morgan fingerprint density at radius 2 is 1.25 bits per heavy atom. The molecule has 0 aromatic carbocycles. The predicted octanol–water partition coefficient (Wildman–Crippen LogP) is 0.243. The van der Waals surface area contributed by atoms with Crippen molar-refractivity contribution >= 4 is 25.6 Å². The Bertz CT molecular complexity index is 8.00. The van der Waals surface area contributed by atoms with Crippen LogP contribution in [-0.4, -0.2) is 16.5 Å². The molecule has 4 heavy (non-hydrogen) atoms. The van der Waals surface area contributed by atoms with Crippen LogP contribution in [0.25, 0.3) is 0 Å². The Kier molecular flexibility index (Phi) is 231. The molecule has 21 valence electrons. The Labute approximate surface area is 34.6 Å². The van der Waals surface area contributed by atoms with E-state index in [1.165, 1.54) is 0 Å². The van der Waals surface area contributed by atoms with Gasteiger partial charge < -0.3 is 0 Å². The zero-order valence-corrected chi connectivity index (χ0v) is 4.76. The van der Waals surface area contributed by atoms with Crippen LogP contribution in [0.4, 0.5) is 0 Å². The summed E-state index contributed by atoms with van der Waals surface area (Å²) in [4.78, 5) is 0. The summed E-state index contributed by atoms with van der Waals surface area (Å²) in [5.74, 6) is 0. The molecule has 0 bridgehead atoms. The molecule has 0 saturated heterocycles. The zero-order chi connectivity index (χ0) is 4.00. The summed E-state index contributed by atoms with van der Waals surface area (Å²) in [7, 11) is 2.28. The normalized spacial score (nSPS) is 2.00. The molecule has 0 aromatic rings. The summed E-state index contributed by atoms with van der Waals surface area (Å²) in [6.07, 6.45) is 0. The molecule has 2 nitrogen and oxygen atoms in total. The third-order valence-electron chi connectivity index (χ3n) is 0. The fourth-order valence-electron chi connectivity index (χ4n) is 0. The van der Waals surface area contributed by atoms with E-state index >= 15 is 0 Å². The van der Waals surface area contributed by atoms with Crippen molar-refractivity contribution in [3.8, 4) is 0 Å². The minimum atomic E-state index is 0.750. The van der Waals surface area contributed by atoms with E-state index in [1.54, 1.807) is 0 Å². The van der Waals surface area contributed by atoms with E-state index in [0.717, 1.165) is 16.5 Å². The van der Waals surface area contributed by atoms with Gasteiger partial charge in [0.05, 0.1) is 0 Å². The molecule has 0 aromatic heterocycles. The van der Waals surface area contributed by atoms with Gasteiger partial charge in [-0.2, -0.15) is 0 Å². The summed E-state index contributed by atoms with van der Waals surface area (Å²) in [5, 5.41) is 0. The van der Waals surface area contributed by atoms with Gasteiger partial charge in [0.1, 0.15) is 0 Å². The fourth-order valence-corrected chi connectivity index (χ4v) is 0. The summed E-state index contributed by atoms with van der Waals surface area (Å²) < 4.78 is 16.2. The molecule has 0 aliphatic heterocycles. The van der Waals surface area contributed by atoms with Crippen LogP contribution in [0.1, 0.15) is 0 Å². The molecule has 0 fully saturated rings. The molecule has 0 N–H and O–H groups in total. The van der Waals surface area contributed by atoms with Crippen LogP contribution in [0, 0.1) is 0 Å². The summed E-state index contributed by atoms with van der Waals surface area (Å²) in [6.45, 7) is 0. The van der Waals surface area contributed by atoms with Gasteiger partial charge in [0, 0.05) is 0 Å². The van der Waals surface area contributed by atoms with Crippen LogP contribution >= 0.6 is 9.12 Å². The Morgan fingerprint density at radius 3 is 1.25 bits per heavy atom. The fraction of sp³-hybridized carbons (Fsp3) is 0. The van der Waals surface area contributed by atoms with Crippen molar-refractivity contribution in [2.45, 2.75) is 0 Å². The van der Waals surface area contributed by atoms with Crippen molar-refractivity contribution < 1.29 is 8.34 Å². The average Bonchev–Trinajstić information content (AvgIpc) is 1.50. The summed E-state index contributed by atoms with van der Waals surface area (Å²) in [6, 6.07) is 0. The van der Waals surface area contributed by atoms with Crippen LogP contribution in [0.5, 0.6) is 0 Å². The Balaban J connectivity index is 0. The topological polar surface area (TPSA) is 34.1 Å². The molecule has 0 saturated carbocycles. The maximum atomic E-state index is 8.25. The van der Waals surface area contributed by atoms with Crippen molar-refractivity contribution in [3.63, 3.8) is 0 Å². The van der Waals surface area contributed by atoms with Gasteiger partial charge in [-0.1, -0.05) is 0 Å². The minimum absolute atomic E-state index is 0.750. The average molecular weight is 136 g/mol. The second-order valence-corrected chi connectivity index (χ2v) is 0. The van der Waals surface area contributed by atoms with Gasteiger partial charge in [-0.3, -0.25) is 4.57 Å². The van der Waals surface area contributed by atoms with E-state index in [2.05, 4.69) is 9.12 Å². The predicted molar refractivity (Wildman–Crippen MR) is 14.0 cm³/mol. The zero-order valence-electron chi connectivity index (χ0n) is 1.76. The van der Waals surface area contributed by atoms with Gasteiger partial charge in [-0.05, 0) is 0 Å². The van der Waals surface area contributed by atoms with E-state index in [0.29, 0.717) is 0 Å². The third kappa shape index (κ3) is 25.9. The third-order valence-corrected chi connectivity index (χ3v) is 0. The second-order valence-electron chi connectivity index (χ2n) is 0. The molecule has 0 heterocycles. The van der Waals surface area contributed by atoms with Gasteiger partial charge in [-0.25, -0.2) is 0 Å². The number of hydrogen-bond donors (Lipinski definition) is 0. The second kappa shape index (κ2) is 105. The number of rotatable bonds is 0. The summed E-state index contributed by atoms with van der Waals surface area (Å²) >= 11 is 0.750. The molecule has 0 aliphatic rings. The van der Waals surface area contributed by atoms with Crippen molar-refractivity contribution in [2.24, 2.45) is 0 Å². The molecule has 0 amide bonds. The van der Waals surface area contributed by atoms with Gasteiger partial charge in [-0.15, -0.1) is 0 Å². The first-order chi connectivity index (χ1) is 2.00. The van der Waals surface area contributed by atoms with Gasteiger partial charge in [0.2, 0.25) is 0 Å². The first-order valence-corrected chi connectivity index (χ1v) is 1.61. The monoisotopic (exact) mass is 137 g/mol. The van der Waals surface area contributed by atoms with E-state index < -0.39 is 0 Å². The van der Waals surface area contributed by atoms with Gasteiger partial charge in [0.15, 0.2) is 0 Å². The summed E-state index contributed by atoms with van der Waals surface area (Å²) in [5.41, 5.74) is 0. The first kappa shape index (κ1) is 8.82. The van der Waals surface area contributed by atoms with Gasteiger partial charge >= 0.3 is 20.2 Å². The first-order valence-electron chi connectivity index (χ1n) is 0.387. The van der Waals surface area contributed by atoms with Crippen molar-refractivity contribution in [2.75, 3.05) is 0 Å². The van der Waals surface area contributed by atoms with Crippen molar-refractivity contribution in [1.82, 2.24) is 0 Å². The van der Waals surface area contributed by atoms with E-state index in [1.807, 2.05) is 0 Å². The van der Waals surface area contributed by atoms with Crippen LogP contribution in [0.3, 0.4) is 0 Å². The molecule has 0 aliphatic carbocycles. The molecule has 3 radical (unpaired) electrons. The van der Waals surface area contributed by atoms with E-state index in [-0.39, 0.29) is 0 Å². The molecule has 0 unspecified atom stereocenters. The van der Waals surface area contributed by atoms with E-state index in [9.17, 15) is 0 Å². The Hall–Kier alpha value is 0.443. The molecule has 0 rings (SSSR count). The molecule has 0 atom stereocenters. The number of hydrogen-bond acceptors (Lipinski definition) is 2. The van der Waals surface area contributed by atoms with Crippen LogP contribution in [0.2, 0.25) is 0 Å². The quantitative estimate of drug-likeness (QED) is 0.352. The van der Waals surface area contributed by atoms with Gasteiger partial charge in [0.25, 0.3) is 9.12 Å². The van der Waals surface area contributed by atoms with Crippen LogP contribution in [0.15, 0.2) is 0 Å². The maximum absolute atomic E-state index is 8.25. The van der Waals surface area contributed by atoms with Crippen molar-refractivity contribution in [3.05, 3.63) is 0 Å². The van der Waals surface area contributed by atoms with Crippen molar-refractivity contribution in [1.29, 1.82) is 0 Å². The Morgan fingerprint density at radius 1 is 1.25 bits per heavy atom. The molecular formula is GeO2P. The molecular weight excluding hydrogens is 136 g/mol. The standard InChI is InChI=1S/GeO.OP/c2*1-2. The van der Waals surface area contributed by atoms with Crippen LogP contribution in [-0.2, 0) is 8.34 Å². The molecule has 4 heteroatoms. The SMILES string of the molecule is O=[P].[O]=[Ge]. The van der Waals surface area contributed by atoms with E-state index in [4.69, 9.17) is 8.34 Å². The van der Waals surface area contributed by atoms with Crippen LogP contribution < -0.4 is 0 Å². The molecule has 0 spiro atoms.